The molecule has 146 heavy (non-hydrogen) atoms. The Morgan fingerprint density at radius 1 is 0.432 bits per heavy atom. The van der Waals surface area contributed by atoms with Gasteiger partial charge in [0.05, 0.1) is 97.4 Å². The lowest BCUT2D eigenvalue weighted by Gasteiger charge is -2.38. The molecule has 0 saturated heterocycles. The lowest BCUT2D eigenvalue weighted by Crippen LogP contribution is -2.50. The monoisotopic (exact) mass is 2090 g/mol. The van der Waals surface area contributed by atoms with Gasteiger partial charge in [-0.25, -0.2) is 43.7 Å². The van der Waals surface area contributed by atoms with E-state index in [0.717, 1.165) is 11.1 Å². The molecule has 0 radical (unpaired) electrons. The van der Waals surface area contributed by atoms with E-state index in [0.29, 0.717) is 39.4 Å². The molecule has 0 saturated carbocycles. The van der Waals surface area contributed by atoms with Crippen LogP contribution in [0.2, 0.25) is 0 Å². The zero-order valence-corrected chi connectivity index (χ0v) is 80.1. The minimum atomic E-state index is -4.45. The topological polar surface area (TPSA) is 835 Å². The van der Waals surface area contributed by atoms with Crippen LogP contribution in [-0.2, 0) is 101 Å². The Balaban J connectivity index is 0.000000497. The van der Waals surface area contributed by atoms with Gasteiger partial charge >= 0.3 is 49.4 Å². The first-order chi connectivity index (χ1) is 67.7. The Hall–Kier alpha value is -13.2. The molecular formula is C96H142N11O38P. The van der Waals surface area contributed by atoms with Crippen molar-refractivity contribution in [1.82, 2.24) is 0 Å². The van der Waals surface area contributed by atoms with Crippen LogP contribution < -0.4 is 55.3 Å². The summed E-state index contributed by atoms with van der Waals surface area (Å²) in [7, 11) is -4.45. The molecule has 50 heteroatoms. The molecule has 4 aromatic rings. The van der Waals surface area contributed by atoms with Crippen LogP contribution in [0.25, 0.3) is 18.2 Å². The number of nitrogens with two attached hydrogens (primary N) is 8. The van der Waals surface area contributed by atoms with E-state index in [-0.39, 0.29) is 173 Å². The van der Waals surface area contributed by atoms with Crippen LogP contribution in [0.1, 0.15) is 115 Å². The number of ether oxygens (including phenoxy) is 13. The van der Waals surface area contributed by atoms with E-state index in [9.17, 15) is 99.2 Å². The van der Waals surface area contributed by atoms with Gasteiger partial charge < -0.3 is 193 Å². The van der Waals surface area contributed by atoms with Gasteiger partial charge in [0, 0.05) is 85.7 Å². The Kier molecular flexibility index (Phi) is 55.0. The number of guanidine groups is 3. The summed E-state index contributed by atoms with van der Waals surface area (Å²) >= 11 is 0. The molecule has 0 aromatic heterocycles. The summed E-state index contributed by atoms with van der Waals surface area (Å²) < 4.78 is 85.9. The lowest BCUT2D eigenvalue weighted by molar-refractivity contribution is -0.154. The van der Waals surface area contributed by atoms with E-state index in [1.54, 1.807) is 102 Å². The summed E-state index contributed by atoms with van der Waals surface area (Å²) in [6.45, 7) is 6.73. The second-order valence-corrected chi connectivity index (χ2v) is 34.8. The van der Waals surface area contributed by atoms with Gasteiger partial charge in [-0.2, -0.15) is 0 Å². The number of hydrogen-bond donors (Lipinski definition) is 24. The Morgan fingerprint density at radius 2 is 0.767 bits per heavy atom. The number of aliphatic hydroxyl groups is 12. The van der Waals surface area contributed by atoms with Crippen molar-refractivity contribution in [3.63, 3.8) is 0 Å². The number of nitrogen functional groups attached to an aromatic ring is 1. The molecule has 814 valence electrons. The average Bonchev–Trinajstić information content (AvgIpc) is 0.935. The highest BCUT2D eigenvalue weighted by Gasteiger charge is 2.47. The molecule has 0 amide bonds. The number of nitrogens with zero attached hydrogens (tertiary/aromatic N) is 3. The molecule has 5 aliphatic heterocycles. The fourth-order valence-electron chi connectivity index (χ4n) is 13.7. The highest BCUT2D eigenvalue weighted by molar-refractivity contribution is 7.57. The quantitative estimate of drug-likeness (QED) is 0.00318. The van der Waals surface area contributed by atoms with Crippen molar-refractivity contribution >= 4 is 91.2 Å². The number of aryl methyl sites for hydroxylation is 3. The zero-order valence-electron chi connectivity index (χ0n) is 79.2. The third kappa shape index (κ3) is 41.0. The minimum Gasteiger partial charge on any atom is -0.508 e. The normalized spacial score (nSPS) is 21.5. The van der Waals surface area contributed by atoms with Gasteiger partial charge in [-0.15, -0.1) is 0 Å². The molecule has 5 heterocycles. The van der Waals surface area contributed by atoms with Crippen molar-refractivity contribution in [3.8, 4) is 28.7 Å². The summed E-state index contributed by atoms with van der Waals surface area (Å²) in [5.41, 5.74) is 48.3. The number of fused-ring (bicyclic) bond motifs is 1. The number of carbonyl (C=O) groups excluding carboxylic acids is 7. The van der Waals surface area contributed by atoms with Gasteiger partial charge in [0.25, 0.3) is 0 Å². The Labute approximate surface area is 843 Å². The number of anilines is 1. The molecular weight excluding hydrogens is 1950 g/mol. The molecule has 0 bridgehead atoms. The second kappa shape index (κ2) is 63.3. The molecule has 0 aliphatic carbocycles. The maximum Gasteiger partial charge on any atom is 0.392 e. The van der Waals surface area contributed by atoms with Crippen molar-refractivity contribution in [2.24, 2.45) is 78.8 Å². The second-order valence-electron chi connectivity index (χ2n) is 33.0. The molecule has 49 nitrogen and oxygen atoms in total. The SMILES string of the molecule is C.C.C.C[C@H]1[C@H]([C@H](O)[C@H](O)CO)OC(C(=O)OCCCOC(=O)/C=C/c2ccc3c(c2)OCO3)=C[C@@H]1N=C(N)N.C[C@H]1[C@H]([C@H](O)[C@H](O)CO)OC(C(=O)OCCCOC(=O)CCc2cc(N)ccc2O)=C[C@@H]1N=C(N)N.Cc1ccc(/C=C/C(=O)OCCCOC(=O)C2=C[C@H](N=C(N)N)[C@@H](C)[C@H]([C@H](O)[C@H](O)CO)O2)cc1O.Cc1ccc(/C=C/C(=O)OCCCOP(=O)(O)C2=C[C@H](N)[C@@H](C)[C@H]([C@H](O)[C@H](O)CO)O2)cc1O. The first-order valence-electron chi connectivity index (χ1n) is 44.9. The Bertz CT molecular complexity index is 5240. The van der Waals surface area contributed by atoms with Gasteiger partial charge in [-0.3, -0.25) is 9.36 Å². The number of phenols is 3. The van der Waals surface area contributed by atoms with Crippen molar-refractivity contribution in [2.45, 2.75) is 200 Å². The summed E-state index contributed by atoms with van der Waals surface area (Å²) in [5, 5.41) is 146. The maximum absolute atomic E-state index is 12.6. The van der Waals surface area contributed by atoms with Gasteiger partial charge in [0.2, 0.25) is 29.6 Å². The first kappa shape index (κ1) is 127. The van der Waals surface area contributed by atoms with E-state index in [2.05, 4.69) is 15.0 Å². The fraction of sp³-hybridized carbons (Fsp3) is 0.500. The Morgan fingerprint density at radius 3 is 1.13 bits per heavy atom. The molecule has 9 rings (SSSR count). The molecule has 32 N–H and O–H groups in total. The largest absolute Gasteiger partial charge is 0.508 e. The van der Waals surface area contributed by atoms with E-state index in [4.69, 9.17) is 132 Å². The molecule has 1 unspecified atom stereocenters. The van der Waals surface area contributed by atoms with E-state index in [1.807, 2.05) is 0 Å². The first-order valence-corrected chi connectivity index (χ1v) is 46.5. The number of carbonyl (C=O) groups is 7. The van der Waals surface area contributed by atoms with Crippen molar-refractivity contribution in [1.29, 1.82) is 0 Å². The number of aromatic hydroxyl groups is 3. The average molecular weight is 2090 g/mol. The van der Waals surface area contributed by atoms with Crippen molar-refractivity contribution < 1.29 is 186 Å². The predicted molar refractivity (Wildman–Crippen MR) is 529 cm³/mol. The van der Waals surface area contributed by atoms with Crippen molar-refractivity contribution in [2.75, 3.05) is 91.8 Å². The summed E-state index contributed by atoms with van der Waals surface area (Å²) in [5.74, 6) is -7.06. The predicted octanol–water partition coefficient (Wildman–Crippen LogP) is -0.0214. The van der Waals surface area contributed by atoms with Crippen LogP contribution in [0.3, 0.4) is 0 Å². The third-order valence-corrected chi connectivity index (χ3v) is 23.4. The van der Waals surface area contributed by atoms with Gasteiger partial charge in [-0.05, 0) is 139 Å². The molecule has 0 fully saturated rings. The van der Waals surface area contributed by atoms with Gasteiger partial charge in [0.15, 0.2) is 29.4 Å². The number of phenolic OH excluding ortho intramolecular Hbond substituents is 3. The van der Waals surface area contributed by atoms with Crippen LogP contribution >= 0.6 is 7.60 Å². The highest BCUT2D eigenvalue weighted by Crippen LogP contribution is 2.54. The highest BCUT2D eigenvalue weighted by atomic mass is 31.2. The van der Waals surface area contributed by atoms with Crippen LogP contribution in [0, 0.1) is 37.5 Å². The number of hydrogen-bond acceptors (Lipinski definition) is 42. The molecule has 0 spiro atoms. The van der Waals surface area contributed by atoms with Gasteiger partial charge in [0.1, 0.15) is 90.5 Å². The van der Waals surface area contributed by atoms with Crippen LogP contribution in [0.5, 0.6) is 28.7 Å². The van der Waals surface area contributed by atoms with E-state index >= 15 is 0 Å². The maximum atomic E-state index is 12.6. The summed E-state index contributed by atoms with van der Waals surface area (Å²) in [6, 6.07) is 16.8. The fourth-order valence-corrected chi connectivity index (χ4v) is 14.8. The van der Waals surface area contributed by atoms with Crippen LogP contribution in [0.15, 0.2) is 153 Å². The number of aliphatic imine (C=N–C) groups is 3. The third-order valence-electron chi connectivity index (χ3n) is 22.0. The number of aliphatic hydroxyl groups excluding tert-OH is 12. The number of rotatable bonds is 45. The lowest BCUT2D eigenvalue weighted by atomic mass is 9.88. The van der Waals surface area contributed by atoms with Crippen LogP contribution in [0.4, 0.5) is 5.69 Å². The van der Waals surface area contributed by atoms with E-state index < -0.39 is 202 Å². The molecule has 4 aromatic carbocycles. The summed E-state index contributed by atoms with van der Waals surface area (Å²) in [6.07, 6.45) is -2.07. The van der Waals surface area contributed by atoms with Crippen molar-refractivity contribution in [3.05, 3.63) is 171 Å². The standard InChI is InChI=1S/C24H31N3O10.C24H33N3O9.C23H34N4O9.C22H32NO10P.3CH4/c1-13-15(27-24(25)26)10-19(37-22(13)21(31)16(29)11-28)23(32)34-8-2-7-33-20(30)6-4-14-3-5-17-18(9-14)36-12-35-17;1-13-4-5-15(10-17(13)29)6-7-20(31)34-8-3-9-35-23(33)19-11-16(27-24(25)26)14(2)22(36-19)21(32)18(30)12-28;1-12-15(27-23(25)26)10-18(36-21(12)20(32)17(30)11-28)22(33)35-8-2-7-34-19(31)6-3-13-9-14(24)4-5-16(13)29;1-13-4-5-15(10-17(13)25)6-7-19(27)31-8-3-9-32-34(29,30)20-11-16(23)14(2)22(33-20)21(28)18(26)12-24;;;/h3-6,9-10,13,15-16,21-22,28-29,31H,2,7-8,11-12H2,1H3,(H4,25,26,27);4-7,10-11,14,16,18,21-22,28-30,32H,3,8-9,12H2,1-2H3,(H4,25,26,27);4-5,9-10,12,15,17,20-21,28-30,32H,2-3,6-8,11,24H2,1H3,(H4,25,26,27);4-7,10-11,14,16,18,21-22,24-26,28H,3,8-9,12,23H2,1-2H3,(H,29,30);3*1H4/b6-4+;7-6+;;7-6+;;;/t13-,15+,16-,21-,22-;14-,16+,18-,21-,22-;12-,15+,17-,20-,21-;14-,16+,18-,21-,22-;;;/m1111.../s1. The molecule has 21 atom stereocenters. The number of esters is 7. The zero-order chi connectivity index (χ0) is 106. The summed E-state index contributed by atoms with van der Waals surface area (Å²) in [4.78, 5) is 107. The number of benzene rings is 4. The smallest absolute Gasteiger partial charge is 0.392 e. The molecule has 5 aliphatic rings. The minimum absolute atomic E-state index is 0. The van der Waals surface area contributed by atoms with Gasteiger partial charge in [-0.1, -0.05) is 80.3 Å². The van der Waals surface area contributed by atoms with Crippen LogP contribution in [-0.4, -0.2) is 325 Å². The van der Waals surface area contributed by atoms with E-state index in [1.165, 1.54) is 72.9 Å².